The van der Waals surface area contributed by atoms with E-state index in [0.29, 0.717) is 6.42 Å². The van der Waals surface area contributed by atoms with Crippen LogP contribution in [0.4, 0.5) is 0 Å². The SMILES string of the molecule is CN(Cc1ccccc1)C[C@H]1C[C@@H](c2ccc(CO)cc2)O[C@@H](c2ccc(-c3cccc(CNC(=O)C(Cl)(Cl)Cl)c3)cc2)O1. The lowest BCUT2D eigenvalue weighted by Crippen LogP contribution is -2.37. The van der Waals surface area contributed by atoms with Gasteiger partial charge in [0.05, 0.1) is 18.8 Å². The Hall–Kier alpha value is -2.94. The summed E-state index contributed by atoms with van der Waals surface area (Å²) in [6.07, 6.45) is -0.0348. The van der Waals surface area contributed by atoms with Gasteiger partial charge in [0, 0.05) is 31.6 Å². The van der Waals surface area contributed by atoms with Crippen LogP contribution in [0, 0.1) is 0 Å². The number of rotatable bonds is 10. The van der Waals surface area contributed by atoms with Crippen LogP contribution < -0.4 is 5.32 Å². The van der Waals surface area contributed by atoms with Crippen molar-refractivity contribution in [3.8, 4) is 11.1 Å². The Kier molecular flexibility index (Phi) is 11.0. The fourth-order valence-electron chi connectivity index (χ4n) is 5.32. The molecule has 3 atom stereocenters. The number of benzene rings is 4. The van der Waals surface area contributed by atoms with Gasteiger partial charge >= 0.3 is 0 Å². The first kappa shape index (κ1) is 32.5. The molecular formula is C35H35Cl3N2O4. The predicted octanol–water partition coefficient (Wildman–Crippen LogP) is 7.51. The number of likely N-dealkylation sites (N-methyl/N-ethyl adjacent to an activating group) is 1. The Morgan fingerprint density at radius 2 is 1.52 bits per heavy atom. The third kappa shape index (κ3) is 8.83. The van der Waals surface area contributed by atoms with Crippen molar-refractivity contribution in [3.63, 3.8) is 0 Å². The second-order valence-electron chi connectivity index (χ2n) is 11.0. The molecule has 6 nitrogen and oxygen atoms in total. The topological polar surface area (TPSA) is 71.0 Å². The molecular weight excluding hydrogens is 619 g/mol. The highest BCUT2D eigenvalue weighted by atomic mass is 35.6. The van der Waals surface area contributed by atoms with Crippen molar-refractivity contribution in [2.75, 3.05) is 13.6 Å². The Bertz CT molecular complexity index is 1510. The Morgan fingerprint density at radius 1 is 0.841 bits per heavy atom. The molecule has 0 aromatic heterocycles. The molecule has 4 aromatic rings. The van der Waals surface area contributed by atoms with Gasteiger partial charge in [-0.15, -0.1) is 0 Å². The van der Waals surface area contributed by atoms with Crippen molar-refractivity contribution in [2.45, 2.75) is 48.4 Å². The summed E-state index contributed by atoms with van der Waals surface area (Å²) in [5, 5.41) is 12.1. The van der Waals surface area contributed by atoms with Crippen LogP contribution in [0.2, 0.25) is 0 Å². The second-order valence-corrected chi connectivity index (χ2v) is 13.3. The van der Waals surface area contributed by atoms with Gasteiger partial charge in [0.15, 0.2) is 6.29 Å². The Labute approximate surface area is 273 Å². The van der Waals surface area contributed by atoms with Gasteiger partial charge in [-0.1, -0.05) is 132 Å². The van der Waals surface area contributed by atoms with Gasteiger partial charge in [-0.3, -0.25) is 9.69 Å². The molecule has 1 heterocycles. The van der Waals surface area contributed by atoms with E-state index in [1.165, 1.54) is 5.56 Å². The first-order valence-electron chi connectivity index (χ1n) is 14.5. The van der Waals surface area contributed by atoms with Crippen LogP contribution in [0.5, 0.6) is 0 Å². The van der Waals surface area contributed by atoms with Gasteiger partial charge in [0.25, 0.3) is 9.70 Å². The number of halogens is 3. The summed E-state index contributed by atoms with van der Waals surface area (Å²) in [6, 6.07) is 34.3. The molecule has 1 amide bonds. The number of carbonyl (C=O) groups excluding carboxylic acids is 1. The van der Waals surface area contributed by atoms with Crippen molar-refractivity contribution in [1.29, 1.82) is 0 Å². The van der Waals surface area contributed by atoms with Gasteiger partial charge in [-0.05, 0) is 46.5 Å². The van der Waals surface area contributed by atoms with Gasteiger partial charge in [0.2, 0.25) is 0 Å². The molecule has 44 heavy (non-hydrogen) atoms. The Morgan fingerprint density at radius 3 is 2.20 bits per heavy atom. The summed E-state index contributed by atoms with van der Waals surface area (Å²) in [4.78, 5) is 14.2. The number of hydrogen-bond acceptors (Lipinski definition) is 5. The molecule has 1 aliphatic rings. The van der Waals surface area contributed by atoms with Gasteiger partial charge in [-0.25, -0.2) is 0 Å². The standard InChI is InChI=1S/C35H35Cl3N2O4/c1-40(21-24-6-3-2-4-7-24)22-31-19-32(28-12-10-25(23-41)11-13-28)44-33(43-31)29-16-14-27(15-17-29)30-9-5-8-26(18-30)20-39-34(42)35(36,37)38/h2-18,31-33,41H,19-23H2,1H3,(H,39,42)/t31-,32+,33+/m1/s1. The number of carbonyl (C=O) groups is 1. The number of hydrogen-bond donors (Lipinski definition) is 2. The molecule has 0 spiro atoms. The number of amides is 1. The van der Waals surface area contributed by atoms with Crippen molar-refractivity contribution >= 4 is 40.7 Å². The maximum Gasteiger partial charge on any atom is 0.272 e. The first-order valence-corrected chi connectivity index (χ1v) is 15.6. The third-order valence-electron chi connectivity index (χ3n) is 7.58. The van der Waals surface area contributed by atoms with E-state index in [1.54, 1.807) is 0 Å². The zero-order valence-electron chi connectivity index (χ0n) is 24.3. The average molecular weight is 654 g/mol. The highest BCUT2D eigenvalue weighted by Crippen LogP contribution is 2.38. The largest absolute Gasteiger partial charge is 0.392 e. The molecule has 230 valence electrons. The fraction of sp³-hybridized carbons (Fsp3) is 0.286. The predicted molar refractivity (Wildman–Crippen MR) is 175 cm³/mol. The molecule has 0 unspecified atom stereocenters. The molecule has 4 aromatic carbocycles. The minimum atomic E-state index is -2.01. The molecule has 5 rings (SSSR count). The molecule has 1 aliphatic heterocycles. The number of alkyl halides is 3. The molecule has 1 fully saturated rings. The molecule has 9 heteroatoms. The van der Waals surface area contributed by atoms with Crippen molar-refractivity contribution in [2.24, 2.45) is 0 Å². The zero-order chi connectivity index (χ0) is 31.1. The Balaban J connectivity index is 1.31. The van der Waals surface area contributed by atoms with Gasteiger partial charge < -0.3 is 19.9 Å². The normalized spacial score (nSPS) is 18.7. The van der Waals surface area contributed by atoms with Crippen LogP contribution >= 0.6 is 34.8 Å². The second kappa shape index (κ2) is 14.9. The van der Waals surface area contributed by atoms with E-state index in [2.05, 4.69) is 41.5 Å². The molecule has 2 N–H and O–H groups in total. The monoisotopic (exact) mass is 652 g/mol. The maximum absolute atomic E-state index is 11.9. The molecule has 0 bridgehead atoms. The van der Waals surface area contributed by atoms with E-state index in [9.17, 15) is 9.90 Å². The summed E-state index contributed by atoms with van der Waals surface area (Å²) in [5.41, 5.74) is 6.98. The quantitative estimate of drug-likeness (QED) is 0.173. The van der Waals surface area contributed by atoms with E-state index in [-0.39, 0.29) is 25.4 Å². The highest BCUT2D eigenvalue weighted by molar-refractivity contribution is 6.76. The summed E-state index contributed by atoms with van der Waals surface area (Å²) in [5.74, 6) is -0.669. The van der Waals surface area contributed by atoms with Crippen LogP contribution in [-0.2, 0) is 34.0 Å². The minimum Gasteiger partial charge on any atom is -0.392 e. The molecule has 1 saturated heterocycles. The van der Waals surface area contributed by atoms with Crippen molar-refractivity contribution in [1.82, 2.24) is 10.2 Å². The number of nitrogens with one attached hydrogen (secondary N) is 1. The summed E-state index contributed by atoms with van der Waals surface area (Å²) in [7, 11) is 2.11. The lowest BCUT2D eigenvalue weighted by molar-refractivity contribution is -0.252. The summed E-state index contributed by atoms with van der Waals surface area (Å²) >= 11 is 17.0. The van der Waals surface area contributed by atoms with Crippen LogP contribution in [0.1, 0.15) is 46.6 Å². The van der Waals surface area contributed by atoms with E-state index >= 15 is 0 Å². The highest BCUT2D eigenvalue weighted by Gasteiger charge is 2.33. The van der Waals surface area contributed by atoms with E-state index in [0.717, 1.165) is 46.5 Å². The van der Waals surface area contributed by atoms with Crippen LogP contribution in [0.3, 0.4) is 0 Å². The molecule has 0 aliphatic carbocycles. The molecule has 0 radical (unpaired) electrons. The average Bonchev–Trinajstić information content (AvgIpc) is 3.03. The summed E-state index contributed by atoms with van der Waals surface area (Å²) in [6.45, 7) is 1.82. The van der Waals surface area contributed by atoms with Gasteiger partial charge in [-0.2, -0.15) is 0 Å². The molecule has 0 saturated carbocycles. The zero-order valence-corrected chi connectivity index (χ0v) is 26.6. The minimum absolute atomic E-state index is 0.00327. The fourth-order valence-corrected chi connectivity index (χ4v) is 5.52. The van der Waals surface area contributed by atoms with Crippen LogP contribution in [0.15, 0.2) is 103 Å². The van der Waals surface area contributed by atoms with Crippen LogP contribution in [-0.4, -0.2) is 39.4 Å². The van der Waals surface area contributed by atoms with E-state index in [1.807, 2.05) is 78.9 Å². The van der Waals surface area contributed by atoms with Crippen molar-refractivity contribution in [3.05, 3.63) is 131 Å². The maximum atomic E-state index is 11.9. The lowest BCUT2D eigenvalue weighted by atomic mass is 9.99. The third-order valence-corrected chi connectivity index (χ3v) is 8.09. The van der Waals surface area contributed by atoms with E-state index in [4.69, 9.17) is 44.3 Å². The number of aliphatic hydroxyl groups is 1. The van der Waals surface area contributed by atoms with Crippen LogP contribution in [0.25, 0.3) is 11.1 Å². The van der Waals surface area contributed by atoms with E-state index < -0.39 is 16.0 Å². The van der Waals surface area contributed by atoms with Gasteiger partial charge in [0.1, 0.15) is 0 Å². The lowest BCUT2D eigenvalue weighted by Gasteiger charge is -2.38. The van der Waals surface area contributed by atoms with Crippen molar-refractivity contribution < 1.29 is 19.4 Å². The smallest absolute Gasteiger partial charge is 0.272 e. The summed E-state index contributed by atoms with van der Waals surface area (Å²) < 4.78 is 11.1. The number of aliphatic hydroxyl groups excluding tert-OH is 1. The number of ether oxygens (including phenoxy) is 2. The number of nitrogens with zero attached hydrogens (tertiary/aromatic N) is 1. The first-order chi connectivity index (χ1) is 21.2.